The van der Waals surface area contributed by atoms with Crippen LogP contribution in [0.15, 0.2) is 65.5 Å². The topological polar surface area (TPSA) is 51.1 Å². The monoisotopic (exact) mass is 380 g/mol. The smallest absolute Gasteiger partial charge is 0.256 e. The van der Waals surface area contributed by atoms with E-state index in [-0.39, 0.29) is 16.7 Å². The summed E-state index contributed by atoms with van der Waals surface area (Å²) in [6, 6.07) is 14.4. The molecule has 6 heteroatoms. The second-order valence-corrected chi connectivity index (χ2v) is 6.88. The van der Waals surface area contributed by atoms with Crippen molar-refractivity contribution in [1.29, 1.82) is 0 Å². The number of rotatable bonds is 6. The fourth-order valence-corrected chi connectivity index (χ4v) is 3.11. The van der Waals surface area contributed by atoms with Gasteiger partial charge in [0, 0.05) is 18.7 Å². The highest BCUT2D eigenvalue weighted by molar-refractivity contribution is 6.12. The third kappa shape index (κ3) is 3.58. The number of halogens is 2. The Morgan fingerprint density at radius 2 is 1.71 bits per heavy atom. The van der Waals surface area contributed by atoms with E-state index in [0.29, 0.717) is 30.0 Å². The Balaban J connectivity index is 1.86. The Morgan fingerprint density at radius 3 is 2.39 bits per heavy atom. The minimum atomic E-state index is -0.935. The number of ketones is 1. The van der Waals surface area contributed by atoms with Crippen LogP contribution in [-0.4, -0.2) is 16.9 Å². The van der Waals surface area contributed by atoms with Crippen LogP contribution in [0.25, 0.3) is 5.69 Å². The Labute approximate surface area is 160 Å². The van der Waals surface area contributed by atoms with Crippen LogP contribution in [0.1, 0.15) is 28.8 Å². The molecule has 1 heterocycles. The van der Waals surface area contributed by atoms with E-state index in [9.17, 15) is 18.4 Å². The Morgan fingerprint density at radius 1 is 1.00 bits per heavy atom. The standard InChI is InChI=1S/C22H18F2N2O2/c23-15-8-9-17(19(24)12-15)21(28)18-10-11-20(27)26(16-4-2-1-3-5-16)22(18)25-13-14-6-7-14/h1-5,8-12,14,25H,6-7,13H2. The predicted octanol–water partition coefficient (Wildman–Crippen LogP) is 4.17. The predicted molar refractivity (Wildman–Crippen MR) is 103 cm³/mol. The summed E-state index contributed by atoms with van der Waals surface area (Å²) in [5.41, 5.74) is 0.212. The molecule has 4 rings (SSSR count). The molecule has 0 unspecified atom stereocenters. The van der Waals surface area contributed by atoms with Gasteiger partial charge in [-0.3, -0.25) is 14.2 Å². The van der Waals surface area contributed by atoms with Gasteiger partial charge in [0.25, 0.3) is 5.56 Å². The minimum Gasteiger partial charge on any atom is -0.370 e. The number of aromatic nitrogens is 1. The second-order valence-electron chi connectivity index (χ2n) is 6.88. The number of pyridine rings is 1. The van der Waals surface area contributed by atoms with E-state index in [0.717, 1.165) is 25.0 Å². The Bertz CT molecular complexity index is 1090. The summed E-state index contributed by atoms with van der Waals surface area (Å²) in [6.07, 6.45) is 2.18. The van der Waals surface area contributed by atoms with Gasteiger partial charge in [-0.25, -0.2) is 8.78 Å². The van der Waals surface area contributed by atoms with Gasteiger partial charge in [0.2, 0.25) is 0 Å². The first-order chi connectivity index (χ1) is 13.5. The van der Waals surface area contributed by atoms with Crippen molar-refractivity contribution in [2.45, 2.75) is 12.8 Å². The molecule has 3 aromatic rings. The SMILES string of the molecule is O=C(c1ccc(F)cc1F)c1ccc(=O)n(-c2ccccc2)c1NCC1CC1. The van der Waals surface area contributed by atoms with E-state index in [1.807, 2.05) is 6.07 Å². The highest BCUT2D eigenvalue weighted by atomic mass is 19.1. The number of carbonyl (C=O) groups is 1. The molecule has 0 amide bonds. The number of hydrogen-bond acceptors (Lipinski definition) is 3. The molecule has 2 aromatic carbocycles. The summed E-state index contributed by atoms with van der Waals surface area (Å²) in [6.45, 7) is 0.614. The van der Waals surface area contributed by atoms with Crippen LogP contribution in [-0.2, 0) is 0 Å². The quantitative estimate of drug-likeness (QED) is 0.653. The second kappa shape index (κ2) is 7.38. The molecule has 1 aliphatic carbocycles. The van der Waals surface area contributed by atoms with Crippen molar-refractivity contribution >= 4 is 11.6 Å². The lowest BCUT2D eigenvalue weighted by molar-refractivity contribution is 0.103. The molecule has 28 heavy (non-hydrogen) atoms. The Kier molecular flexibility index (Phi) is 4.77. The number of carbonyl (C=O) groups excluding carboxylic acids is 1. The van der Waals surface area contributed by atoms with Gasteiger partial charge in [-0.05, 0) is 49.1 Å². The summed E-state index contributed by atoms with van der Waals surface area (Å²) < 4.78 is 28.8. The third-order valence-electron chi connectivity index (χ3n) is 4.78. The molecule has 0 spiro atoms. The van der Waals surface area contributed by atoms with E-state index in [4.69, 9.17) is 0 Å². The molecular weight excluding hydrogens is 362 g/mol. The van der Waals surface area contributed by atoms with Crippen LogP contribution in [0.3, 0.4) is 0 Å². The van der Waals surface area contributed by atoms with E-state index in [1.165, 1.54) is 16.7 Å². The van der Waals surface area contributed by atoms with Gasteiger partial charge in [-0.2, -0.15) is 0 Å². The normalized spacial score (nSPS) is 13.4. The van der Waals surface area contributed by atoms with Crippen LogP contribution in [0.2, 0.25) is 0 Å². The van der Waals surface area contributed by atoms with Gasteiger partial charge in [0.05, 0.1) is 16.8 Å². The van der Waals surface area contributed by atoms with Crippen LogP contribution in [0.4, 0.5) is 14.6 Å². The first-order valence-electron chi connectivity index (χ1n) is 9.09. The maximum absolute atomic E-state index is 14.2. The van der Waals surface area contributed by atoms with Gasteiger partial charge in [-0.1, -0.05) is 18.2 Å². The van der Waals surface area contributed by atoms with Gasteiger partial charge in [0.15, 0.2) is 5.78 Å². The molecule has 0 radical (unpaired) electrons. The maximum Gasteiger partial charge on any atom is 0.256 e. The van der Waals surface area contributed by atoms with Gasteiger partial charge >= 0.3 is 0 Å². The highest BCUT2D eigenvalue weighted by Crippen LogP contribution is 2.30. The summed E-state index contributed by atoms with van der Waals surface area (Å²) >= 11 is 0. The zero-order chi connectivity index (χ0) is 19.7. The summed E-state index contributed by atoms with van der Waals surface area (Å²) in [4.78, 5) is 25.6. The number of nitrogens with one attached hydrogen (secondary N) is 1. The van der Waals surface area contributed by atoms with Crippen molar-refractivity contribution in [3.63, 3.8) is 0 Å². The van der Waals surface area contributed by atoms with E-state index >= 15 is 0 Å². The zero-order valence-electron chi connectivity index (χ0n) is 15.0. The summed E-state index contributed by atoms with van der Waals surface area (Å²) in [7, 11) is 0. The molecule has 0 atom stereocenters. The number of nitrogens with zero attached hydrogens (tertiary/aromatic N) is 1. The first kappa shape index (κ1) is 18.1. The molecular formula is C22H18F2N2O2. The summed E-state index contributed by atoms with van der Waals surface area (Å²) in [5, 5.41) is 3.21. The van der Waals surface area contributed by atoms with Crippen molar-refractivity contribution in [1.82, 2.24) is 4.57 Å². The van der Waals surface area contributed by atoms with Crippen molar-refractivity contribution < 1.29 is 13.6 Å². The van der Waals surface area contributed by atoms with Crippen LogP contribution < -0.4 is 10.9 Å². The lowest BCUT2D eigenvalue weighted by atomic mass is 10.0. The van der Waals surface area contributed by atoms with E-state index in [2.05, 4.69) is 5.32 Å². The van der Waals surface area contributed by atoms with E-state index < -0.39 is 17.4 Å². The minimum absolute atomic E-state index is 0.162. The van der Waals surface area contributed by atoms with Crippen molar-refractivity contribution in [2.75, 3.05) is 11.9 Å². The average Bonchev–Trinajstić information content (AvgIpc) is 3.51. The fourth-order valence-electron chi connectivity index (χ4n) is 3.11. The van der Waals surface area contributed by atoms with Crippen LogP contribution >= 0.6 is 0 Å². The van der Waals surface area contributed by atoms with E-state index in [1.54, 1.807) is 24.3 Å². The largest absolute Gasteiger partial charge is 0.370 e. The van der Waals surface area contributed by atoms with Crippen molar-refractivity contribution in [2.24, 2.45) is 5.92 Å². The molecule has 4 nitrogen and oxygen atoms in total. The lowest BCUT2D eigenvalue weighted by Crippen LogP contribution is -2.25. The third-order valence-corrected chi connectivity index (χ3v) is 4.78. The molecule has 1 fully saturated rings. The zero-order valence-corrected chi connectivity index (χ0v) is 15.0. The highest BCUT2D eigenvalue weighted by Gasteiger charge is 2.25. The molecule has 0 saturated heterocycles. The van der Waals surface area contributed by atoms with Gasteiger partial charge < -0.3 is 5.32 Å². The van der Waals surface area contributed by atoms with Crippen LogP contribution in [0, 0.1) is 17.6 Å². The first-order valence-corrected chi connectivity index (χ1v) is 9.09. The molecule has 1 N–H and O–H groups in total. The molecule has 1 aromatic heterocycles. The van der Waals surface area contributed by atoms with Gasteiger partial charge in [0.1, 0.15) is 17.5 Å². The van der Waals surface area contributed by atoms with Crippen molar-refractivity contribution in [3.05, 3.63) is 93.8 Å². The molecule has 0 bridgehead atoms. The molecule has 1 aliphatic rings. The maximum atomic E-state index is 14.2. The number of para-hydroxylation sites is 1. The van der Waals surface area contributed by atoms with Crippen molar-refractivity contribution in [3.8, 4) is 5.69 Å². The number of anilines is 1. The lowest BCUT2D eigenvalue weighted by Gasteiger charge is -2.18. The number of benzene rings is 2. The fraction of sp³-hybridized carbons (Fsp3) is 0.182. The summed E-state index contributed by atoms with van der Waals surface area (Å²) in [5.74, 6) is -1.49. The molecule has 0 aliphatic heterocycles. The van der Waals surface area contributed by atoms with Crippen LogP contribution in [0.5, 0.6) is 0 Å². The number of hydrogen-bond donors (Lipinski definition) is 1. The van der Waals surface area contributed by atoms with Gasteiger partial charge in [-0.15, -0.1) is 0 Å². The molecule has 142 valence electrons. The Hall–Kier alpha value is -3.28. The molecule has 1 saturated carbocycles. The average molecular weight is 380 g/mol.